The lowest BCUT2D eigenvalue weighted by Crippen LogP contribution is -2.64. The van der Waals surface area contributed by atoms with Crippen LogP contribution in [0, 0.1) is 0 Å². The van der Waals surface area contributed by atoms with E-state index in [2.05, 4.69) is 16.1 Å². The molecule has 13 nitrogen and oxygen atoms in total. The number of carbonyl (C=O) groups is 6. The van der Waals surface area contributed by atoms with Crippen LogP contribution >= 0.6 is 0 Å². The van der Waals surface area contributed by atoms with Gasteiger partial charge in [-0.3, -0.25) is 24.6 Å². The maximum atomic E-state index is 13.2. The van der Waals surface area contributed by atoms with Gasteiger partial charge < -0.3 is 20.5 Å². The highest BCUT2D eigenvalue weighted by Crippen LogP contribution is 2.23. The van der Waals surface area contributed by atoms with Crippen molar-refractivity contribution in [1.29, 1.82) is 0 Å². The molecule has 0 saturated carbocycles. The molecule has 5 amide bonds. The predicted molar refractivity (Wildman–Crippen MR) is 124 cm³/mol. The number of aliphatic carboxylic acids is 1. The van der Waals surface area contributed by atoms with Crippen molar-refractivity contribution in [2.24, 2.45) is 0 Å². The molecule has 0 bridgehead atoms. The van der Waals surface area contributed by atoms with Crippen LogP contribution < -0.4 is 16.1 Å². The van der Waals surface area contributed by atoms with Gasteiger partial charge in [0, 0.05) is 37.7 Å². The van der Waals surface area contributed by atoms with Crippen LogP contribution in [0.1, 0.15) is 43.0 Å². The number of benzene rings is 1. The first-order valence-corrected chi connectivity index (χ1v) is 11.2. The quantitative estimate of drug-likeness (QED) is 0.393. The minimum absolute atomic E-state index is 0.00386. The van der Waals surface area contributed by atoms with E-state index < -0.39 is 29.9 Å². The van der Waals surface area contributed by atoms with Crippen LogP contribution in [0.15, 0.2) is 24.3 Å². The van der Waals surface area contributed by atoms with E-state index in [0.717, 1.165) is 15.7 Å². The van der Waals surface area contributed by atoms with Gasteiger partial charge in [0.25, 0.3) is 5.91 Å². The van der Waals surface area contributed by atoms with Crippen molar-refractivity contribution in [2.75, 3.05) is 32.0 Å². The largest absolute Gasteiger partial charge is 0.481 e. The number of amides is 5. The summed E-state index contributed by atoms with van der Waals surface area (Å²) in [5.41, 5.74) is 3.71. The molecule has 35 heavy (non-hydrogen) atoms. The zero-order chi connectivity index (χ0) is 26.0. The Morgan fingerprint density at radius 3 is 2.37 bits per heavy atom. The highest BCUT2D eigenvalue weighted by atomic mass is 16.4. The van der Waals surface area contributed by atoms with Crippen LogP contribution in [0.2, 0.25) is 0 Å². The number of nitrogens with one attached hydrogen (secondary N) is 3. The van der Waals surface area contributed by atoms with E-state index in [1.807, 2.05) is 0 Å². The average molecular weight is 491 g/mol. The van der Waals surface area contributed by atoms with Gasteiger partial charge in [0.15, 0.2) is 0 Å². The Hall–Kier alpha value is -4.16. The fourth-order valence-electron chi connectivity index (χ4n) is 3.45. The Labute approximate surface area is 202 Å². The Morgan fingerprint density at radius 1 is 1.14 bits per heavy atom. The number of anilines is 1. The van der Waals surface area contributed by atoms with E-state index in [0.29, 0.717) is 31.2 Å². The van der Waals surface area contributed by atoms with E-state index in [1.54, 1.807) is 38.2 Å². The summed E-state index contributed by atoms with van der Waals surface area (Å²) < 4.78 is 0. The van der Waals surface area contributed by atoms with Gasteiger partial charge in [-0.1, -0.05) is 6.92 Å². The van der Waals surface area contributed by atoms with Crippen molar-refractivity contribution >= 4 is 41.7 Å². The number of aldehydes is 1. The summed E-state index contributed by atoms with van der Waals surface area (Å²) in [6.45, 7) is 1.69. The molecule has 13 heteroatoms. The number of carboxylic acids is 1. The number of rotatable bonds is 7. The van der Waals surface area contributed by atoms with Gasteiger partial charge >= 0.3 is 12.0 Å². The lowest BCUT2D eigenvalue weighted by molar-refractivity contribution is -0.155. The van der Waals surface area contributed by atoms with Crippen molar-refractivity contribution in [1.82, 2.24) is 25.8 Å². The van der Waals surface area contributed by atoms with Crippen LogP contribution in [0.3, 0.4) is 0 Å². The number of hydrogen-bond acceptors (Lipinski definition) is 7. The summed E-state index contributed by atoms with van der Waals surface area (Å²) in [7, 11) is 1.76. The van der Waals surface area contributed by atoms with Gasteiger partial charge in [0.1, 0.15) is 12.3 Å². The molecule has 190 valence electrons. The standard InChI is InChI=1S/C19H24N6O5.C3H6O2/c1-20-14-6-4-13(5-7-14)17(28)22-23-11-8-16(27)24-10-2-3-15(25(24)19(23)30)18(29)21-9-12-26;1-2-3(4)5/h4-7,12,15,20H,2-3,8-11H2,1H3,(H,21,29)(H,22,28);2H2,1H3,(H,4,5). The highest BCUT2D eigenvalue weighted by Gasteiger charge is 2.43. The van der Waals surface area contributed by atoms with Crippen molar-refractivity contribution in [3.05, 3.63) is 29.8 Å². The maximum Gasteiger partial charge on any atom is 0.358 e. The van der Waals surface area contributed by atoms with Crippen LogP contribution in [-0.4, -0.2) is 88.9 Å². The smallest absolute Gasteiger partial charge is 0.358 e. The number of hydrogen-bond donors (Lipinski definition) is 4. The molecule has 2 aliphatic rings. The Bertz CT molecular complexity index is 952. The SMILES string of the molecule is CCC(=O)O.CNc1ccc(C(=O)NN2CCC(=O)N3CCCC(C(=O)NCC=O)N3C2=O)cc1. The van der Waals surface area contributed by atoms with Gasteiger partial charge in [-0.05, 0) is 37.1 Å². The van der Waals surface area contributed by atoms with Gasteiger partial charge in [-0.15, -0.1) is 0 Å². The summed E-state index contributed by atoms with van der Waals surface area (Å²) in [4.78, 5) is 70.7. The third-order valence-electron chi connectivity index (χ3n) is 5.30. The summed E-state index contributed by atoms with van der Waals surface area (Å²) >= 11 is 0. The molecule has 1 atom stereocenters. The highest BCUT2D eigenvalue weighted by molar-refractivity contribution is 5.97. The zero-order valence-corrected chi connectivity index (χ0v) is 19.7. The molecule has 0 spiro atoms. The third kappa shape index (κ3) is 7.16. The van der Waals surface area contributed by atoms with Crippen molar-refractivity contribution in [2.45, 2.75) is 38.6 Å². The number of carbonyl (C=O) groups excluding carboxylic acids is 5. The lowest BCUT2D eigenvalue weighted by Gasteiger charge is -2.42. The normalized spacial score (nSPS) is 17.3. The van der Waals surface area contributed by atoms with Crippen molar-refractivity contribution < 1.29 is 33.9 Å². The summed E-state index contributed by atoms with van der Waals surface area (Å²) in [6, 6.07) is 5.05. The molecule has 1 unspecified atom stereocenters. The van der Waals surface area contributed by atoms with Gasteiger partial charge in [-0.2, -0.15) is 0 Å². The van der Waals surface area contributed by atoms with Gasteiger partial charge in [-0.25, -0.2) is 19.8 Å². The second-order valence-electron chi connectivity index (χ2n) is 7.63. The Kier molecular flexibility index (Phi) is 9.99. The molecular formula is C22H30N6O7. The average Bonchev–Trinajstić information content (AvgIpc) is 2.99. The van der Waals surface area contributed by atoms with E-state index in [4.69, 9.17) is 5.11 Å². The Morgan fingerprint density at radius 2 is 1.80 bits per heavy atom. The van der Waals surface area contributed by atoms with Gasteiger partial charge in [0.2, 0.25) is 11.8 Å². The van der Waals surface area contributed by atoms with E-state index in [1.165, 1.54) is 5.01 Å². The molecule has 1 aromatic rings. The monoisotopic (exact) mass is 490 g/mol. The van der Waals surface area contributed by atoms with Crippen LogP contribution in [0.25, 0.3) is 0 Å². The van der Waals surface area contributed by atoms with Gasteiger partial charge in [0.05, 0.1) is 13.1 Å². The fraction of sp³-hybridized carbons (Fsp3) is 0.455. The number of nitrogens with zero attached hydrogens (tertiary/aromatic N) is 3. The Balaban J connectivity index is 0.000000784. The van der Waals surface area contributed by atoms with Crippen molar-refractivity contribution in [3.63, 3.8) is 0 Å². The first-order valence-electron chi connectivity index (χ1n) is 11.2. The number of fused-ring (bicyclic) bond motifs is 1. The lowest BCUT2D eigenvalue weighted by atomic mass is 10.1. The second kappa shape index (κ2) is 12.9. The molecule has 1 aromatic carbocycles. The minimum atomic E-state index is -0.942. The molecule has 4 N–H and O–H groups in total. The number of urea groups is 1. The third-order valence-corrected chi connectivity index (χ3v) is 5.30. The van der Waals surface area contributed by atoms with Crippen LogP contribution in [0.4, 0.5) is 10.5 Å². The molecule has 0 radical (unpaired) electrons. The fourth-order valence-corrected chi connectivity index (χ4v) is 3.45. The van der Waals surface area contributed by atoms with Crippen LogP contribution in [0.5, 0.6) is 0 Å². The van der Waals surface area contributed by atoms with E-state index >= 15 is 0 Å². The molecule has 3 rings (SSSR count). The molecule has 2 heterocycles. The molecule has 2 fully saturated rings. The summed E-state index contributed by atoms with van der Waals surface area (Å²) in [5, 5.41) is 16.5. The number of carboxylic acid groups (broad SMARTS) is 1. The van der Waals surface area contributed by atoms with Crippen LogP contribution in [-0.2, 0) is 19.2 Å². The molecule has 2 aliphatic heterocycles. The van der Waals surface area contributed by atoms with E-state index in [9.17, 15) is 28.8 Å². The van der Waals surface area contributed by atoms with Crippen molar-refractivity contribution in [3.8, 4) is 0 Å². The van der Waals surface area contributed by atoms with E-state index in [-0.39, 0.29) is 31.8 Å². The first kappa shape index (κ1) is 27.1. The maximum absolute atomic E-state index is 13.2. The minimum Gasteiger partial charge on any atom is -0.481 e. The number of hydrazine groups is 2. The molecule has 2 saturated heterocycles. The molecule has 0 aliphatic carbocycles. The predicted octanol–water partition coefficient (Wildman–Crippen LogP) is 0.203. The molecule has 0 aromatic heterocycles. The zero-order valence-electron chi connectivity index (χ0n) is 19.7. The summed E-state index contributed by atoms with van der Waals surface area (Å²) in [6.07, 6.45) is 1.65. The first-order chi connectivity index (χ1) is 16.7. The topological polar surface area (TPSA) is 168 Å². The summed E-state index contributed by atoms with van der Waals surface area (Å²) in [5.74, 6) is -2.09. The molecular weight excluding hydrogens is 460 g/mol. The second-order valence-corrected chi connectivity index (χ2v) is 7.63.